The first kappa shape index (κ1) is 15.5. The zero-order valence-corrected chi connectivity index (χ0v) is 11.7. The first-order valence-electron chi connectivity index (χ1n) is 6.83. The van der Waals surface area contributed by atoms with E-state index in [1.807, 2.05) is 13.8 Å². The Kier molecular flexibility index (Phi) is 5.80. The molecule has 0 aliphatic carbocycles. The second-order valence-corrected chi connectivity index (χ2v) is 4.96. The van der Waals surface area contributed by atoms with Gasteiger partial charge in [-0.1, -0.05) is 26.7 Å². The van der Waals surface area contributed by atoms with E-state index in [0.717, 1.165) is 12.8 Å². The van der Waals surface area contributed by atoms with E-state index < -0.39 is 5.67 Å². The van der Waals surface area contributed by atoms with Crippen LogP contribution in [0.2, 0.25) is 0 Å². The van der Waals surface area contributed by atoms with E-state index in [0.29, 0.717) is 24.1 Å². The topological polar surface area (TPSA) is 55.1 Å². The fourth-order valence-corrected chi connectivity index (χ4v) is 2.17. The molecule has 0 fully saturated rings. The van der Waals surface area contributed by atoms with Crippen molar-refractivity contribution in [3.05, 3.63) is 29.8 Å². The molecule has 0 saturated carbocycles. The van der Waals surface area contributed by atoms with Crippen molar-refractivity contribution in [1.82, 2.24) is 5.32 Å². The number of carbonyl (C=O) groups is 1. The lowest BCUT2D eigenvalue weighted by Crippen LogP contribution is -2.39. The van der Waals surface area contributed by atoms with Gasteiger partial charge in [0.25, 0.3) is 5.91 Å². The Balaban J connectivity index is 2.58. The third-order valence-corrected chi connectivity index (χ3v) is 3.13. The average molecular weight is 266 g/mol. The third kappa shape index (κ3) is 4.89. The smallest absolute Gasteiger partial charge is 0.251 e. The molecule has 0 heterocycles. The summed E-state index contributed by atoms with van der Waals surface area (Å²) in [4.78, 5) is 11.9. The molecule has 0 aliphatic heterocycles. The lowest BCUT2D eigenvalue weighted by Gasteiger charge is -2.24. The highest BCUT2D eigenvalue weighted by Gasteiger charge is 2.28. The van der Waals surface area contributed by atoms with Crippen LogP contribution in [0.5, 0.6) is 0 Å². The second-order valence-electron chi connectivity index (χ2n) is 4.96. The van der Waals surface area contributed by atoms with Gasteiger partial charge in [-0.25, -0.2) is 4.39 Å². The summed E-state index contributed by atoms with van der Waals surface area (Å²) in [5, 5.41) is 2.67. The zero-order chi connectivity index (χ0) is 14.3. The summed E-state index contributed by atoms with van der Waals surface area (Å²) in [5.74, 6) is -0.255. The van der Waals surface area contributed by atoms with Crippen LogP contribution in [0.4, 0.5) is 10.1 Å². The number of nitrogens with one attached hydrogen (secondary N) is 1. The monoisotopic (exact) mass is 266 g/mol. The molecule has 0 radical (unpaired) electrons. The van der Waals surface area contributed by atoms with E-state index in [2.05, 4.69) is 5.32 Å². The summed E-state index contributed by atoms with van der Waals surface area (Å²) in [6, 6.07) is 6.61. The third-order valence-electron chi connectivity index (χ3n) is 3.13. The first-order valence-corrected chi connectivity index (χ1v) is 6.83. The standard InChI is InChI=1S/C15H23FN2O/c1-3-9-15(16,10-4-2)11-18-14(19)12-5-7-13(17)8-6-12/h5-8H,3-4,9-11,17H2,1-2H3,(H,18,19). The summed E-state index contributed by atoms with van der Waals surface area (Å²) in [6.45, 7) is 3.97. The molecule has 0 saturated heterocycles. The molecule has 1 amide bonds. The summed E-state index contributed by atoms with van der Waals surface area (Å²) >= 11 is 0. The lowest BCUT2D eigenvalue weighted by molar-refractivity contribution is 0.0868. The van der Waals surface area contributed by atoms with E-state index in [-0.39, 0.29) is 12.5 Å². The van der Waals surface area contributed by atoms with Crippen LogP contribution < -0.4 is 11.1 Å². The second kappa shape index (κ2) is 7.12. The molecule has 4 heteroatoms. The minimum atomic E-state index is -1.30. The molecule has 1 aromatic rings. The van der Waals surface area contributed by atoms with Gasteiger partial charge in [-0.3, -0.25) is 4.79 Å². The molecule has 0 spiro atoms. The van der Waals surface area contributed by atoms with Crippen LogP contribution in [0.15, 0.2) is 24.3 Å². The Labute approximate surface area is 114 Å². The van der Waals surface area contributed by atoms with Gasteiger partial charge in [0.15, 0.2) is 0 Å². The van der Waals surface area contributed by atoms with Gasteiger partial charge in [0.2, 0.25) is 0 Å². The Morgan fingerprint density at radius 1 is 1.21 bits per heavy atom. The first-order chi connectivity index (χ1) is 9.00. The lowest BCUT2D eigenvalue weighted by atomic mass is 9.94. The number of anilines is 1. The molecular weight excluding hydrogens is 243 g/mol. The molecule has 3 N–H and O–H groups in total. The van der Waals surface area contributed by atoms with Crippen LogP contribution in [0, 0.1) is 0 Å². The number of rotatable bonds is 7. The Morgan fingerprint density at radius 3 is 2.21 bits per heavy atom. The Hall–Kier alpha value is -1.58. The Bertz CT molecular complexity index is 397. The van der Waals surface area contributed by atoms with Crippen molar-refractivity contribution in [3.63, 3.8) is 0 Å². The van der Waals surface area contributed by atoms with Crippen LogP contribution in [0.3, 0.4) is 0 Å². The highest BCUT2D eigenvalue weighted by atomic mass is 19.1. The number of halogens is 1. The molecule has 0 atom stereocenters. The van der Waals surface area contributed by atoms with Crippen molar-refractivity contribution in [2.45, 2.75) is 45.2 Å². The van der Waals surface area contributed by atoms with Crippen LogP contribution in [0.25, 0.3) is 0 Å². The van der Waals surface area contributed by atoms with Crippen molar-refractivity contribution < 1.29 is 9.18 Å². The van der Waals surface area contributed by atoms with Gasteiger partial charge >= 0.3 is 0 Å². The van der Waals surface area contributed by atoms with E-state index in [4.69, 9.17) is 5.73 Å². The molecule has 1 aromatic carbocycles. The largest absolute Gasteiger partial charge is 0.399 e. The maximum Gasteiger partial charge on any atom is 0.251 e. The summed E-state index contributed by atoms with van der Waals surface area (Å²) < 4.78 is 14.5. The van der Waals surface area contributed by atoms with Crippen LogP contribution in [0.1, 0.15) is 49.9 Å². The molecule has 0 unspecified atom stereocenters. The number of alkyl halides is 1. The van der Waals surface area contributed by atoms with Gasteiger partial charge < -0.3 is 11.1 Å². The highest BCUT2D eigenvalue weighted by Crippen LogP contribution is 2.23. The minimum Gasteiger partial charge on any atom is -0.399 e. The van der Waals surface area contributed by atoms with Crippen molar-refractivity contribution in [2.75, 3.05) is 12.3 Å². The van der Waals surface area contributed by atoms with Crippen LogP contribution >= 0.6 is 0 Å². The van der Waals surface area contributed by atoms with E-state index >= 15 is 0 Å². The van der Waals surface area contributed by atoms with E-state index in [9.17, 15) is 9.18 Å². The zero-order valence-electron chi connectivity index (χ0n) is 11.7. The molecule has 19 heavy (non-hydrogen) atoms. The number of hydrogen-bond acceptors (Lipinski definition) is 2. The summed E-state index contributed by atoms with van der Waals surface area (Å²) in [7, 11) is 0. The number of nitrogens with two attached hydrogens (primary N) is 1. The molecule has 0 aromatic heterocycles. The molecule has 0 bridgehead atoms. The maximum atomic E-state index is 14.5. The summed E-state index contributed by atoms with van der Waals surface area (Å²) in [5.41, 5.74) is 5.37. The minimum absolute atomic E-state index is 0.0674. The molecule has 0 aliphatic rings. The fourth-order valence-electron chi connectivity index (χ4n) is 2.17. The van der Waals surface area contributed by atoms with Gasteiger partial charge in [-0.2, -0.15) is 0 Å². The molecular formula is C15H23FN2O. The number of amides is 1. The summed E-state index contributed by atoms with van der Waals surface area (Å²) in [6.07, 6.45) is 2.49. The van der Waals surface area contributed by atoms with E-state index in [1.54, 1.807) is 24.3 Å². The van der Waals surface area contributed by atoms with Crippen molar-refractivity contribution in [1.29, 1.82) is 0 Å². The van der Waals surface area contributed by atoms with Gasteiger partial charge in [0.05, 0.1) is 6.54 Å². The molecule has 3 nitrogen and oxygen atoms in total. The highest BCUT2D eigenvalue weighted by molar-refractivity contribution is 5.94. The molecule has 1 rings (SSSR count). The van der Waals surface area contributed by atoms with Crippen molar-refractivity contribution >= 4 is 11.6 Å². The normalized spacial score (nSPS) is 11.3. The van der Waals surface area contributed by atoms with E-state index in [1.165, 1.54) is 0 Å². The number of hydrogen-bond donors (Lipinski definition) is 2. The predicted octanol–water partition coefficient (Wildman–Crippen LogP) is 3.31. The van der Waals surface area contributed by atoms with Crippen molar-refractivity contribution in [3.8, 4) is 0 Å². The van der Waals surface area contributed by atoms with Crippen molar-refractivity contribution in [2.24, 2.45) is 0 Å². The number of nitrogen functional groups attached to an aromatic ring is 1. The SMILES string of the molecule is CCCC(F)(CCC)CNC(=O)c1ccc(N)cc1. The number of carbonyl (C=O) groups excluding carboxylic acids is 1. The van der Waals surface area contributed by atoms with Crippen LogP contribution in [-0.2, 0) is 0 Å². The maximum absolute atomic E-state index is 14.5. The van der Waals surface area contributed by atoms with Gasteiger partial charge in [-0.15, -0.1) is 0 Å². The van der Waals surface area contributed by atoms with Gasteiger partial charge in [-0.05, 0) is 37.1 Å². The van der Waals surface area contributed by atoms with Gasteiger partial charge in [0, 0.05) is 11.3 Å². The molecule has 106 valence electrons. The fraction of sp³-hybridized carbons (Fsp3) is 0.533. The quantitative estimate of drug-likeness (QED) is 0.744. The predicted molar refractivity (Wildman–Crippen MR) is 76.8 cm³/mol. The average Bonchev–Trinajstić information content (AvgIpc) is 2.37. The Morgan fingerprint density at radius 2 is 1.74 bits per heavy atom. The number of benzene rings is 1. The van der Waals surface area contributed by atoms with Crippen LogP contribution in [-0.4, -0.2) is 18.1 Å². The van der Waals surface area contributed by atoms with Gasteiger partial charge in [0.1, 0.15) is 5.67 Å².